The molecule has 170 valence electrons. The SMILES string of the molecule is CNCCCc1cc(F)c(-c2c(Cl)nc3ncnn3c2N[C@H](C)C(C)(C)C)c(F)c1.Cl. The van der Waals surface area contributed by atoms with Gasteiger partial charge in [-0.05, 0) is 56.5 Å². The van der Waals surface area contributed by atoms with E-state index in [1.807, 2.05) is 14.0 Å². The molecular weight excluding hydrogens is 445 g/mol. The predicted octanol–water partition coefficient (Wildman–Crippen LogP) is 5.14. The van der Waals surface area contributed by atoms with Gasteiger partial charge in [0.05, 0.1) is 11.1 Å². The monoisotopic (exact) mass is 472 g/mol. The normalized spacial score (nSPS) is 12.6. The van der Waals surface area contributed by atoms with Crippen LogP contribution < -0.4 is 10.6 Å². The van der Waals surface area contributed by atoms with E-state index in [1.54, 1.807) is 0 Å². The second-order valence-corrected chi connectivity index (χ2v) is 8.83. The topological polar surface area (TPSA) is 67.1 Å². The van der Waals surface area contributed by atoms with Crippen LogP contribution in [0.5, 0.6) is 0 Å². The van der Waals surface area contributed by atoms with Gasteiger partial charge in [-0.25, -0.2) is 8.78 Å². The molecular formula is C21H28Cl2F2N6. The average molecular weight is 473 g/mol. The molecule has 10 heteroatoms. The fourth-order valence-electron chi connectivity index (χ4n) is 3.07. The molecule has 2 N–H and O–H groups in total. The van der Waals surface area contributed by atoms with Crippen LogP contribution in [0.2, 0.25) is 5.15 Å². The van der Waals surface area contributed by atoms with E-state index in [-0.39, 0.29) is 45.9 Å². The Hall–Kier alpha value is -2.03. The molecule has 1 atom stereocenters. The molecule has 3 aromatic rings. The van der Waals surface area contributed by atoms with E-state index >= 15 is 8.78 Å². The largest absolute Gasteiger partial charge is 0.366 e. The van der Waals surface area contributed by atoms with Gasteiger partial charge in [0.1, 0.15) is 28.9 Å². The standard InChI is InChI=1S/C21H27ClF2N6.ClH/c1-12(21(2,3)4)28-19-17(18(22)29-20-26-11-27-30(19)20)16-14(23)9-13(10-15(16)24)7-6-8-25-5;/h9-12,25,28H,6-8H2,1-5H3;1H/t12-;/m1./s1. The molecule has 0 aliphatic heterocycles. The first-order valence-electron chi connectivity index (χ1n) is 9.92. The minimum atomic E-state index is -0.691. The molecule has 0 aliphatic rings. The zero-order valence-electron chi connectivity index (χ0n) is 18.3. The molecule has 0 saturated heterocycles. The number of anilines is 1. The second kappa shape index (κ2) is 10.1. The van der Waals surface area contributed by atoms with Crippen LogP contribution in [0.25, 0.3) is 16.9 Å². The van der Waals surface area contributed by atoms with Gasteiger partial charge in [-0.15, -0.1) is 12.4 Å². The van der Waals surface area contributed by atoms with Crippen molar-refractivity contribution in [1.82, 2.24) is 24.9 Å². The van der Waals surface area contributed by atoms with Crippen LogP contribution in [-0.2, 0) is 6.42 Å². The van der Waals surface area contributed by atoms with Crippen molar-refractivity contribution in [3.8, 4) is 11.1 Å². The maximum Gasteiger partial charge on any atom is 0.255 e. The van der Waals surface area contributed by atoms with Gasteiger partial charge in [-0.3, -0.25) is 0 Å². The molecule has 0 radical (unpaired) electrons. The van der Waals surface area contributed by atoms with E-state index in [0.717, 1.165) is 13.0 Å². The van der Waals surface area contributed by atoms with Gasteiger partial charge in [0.25, 0.3) is 5.78 Å². The van der Waals surface area contributed by atoms with Crippen LogP contribution in [0.4, 0.5) is 14.6 Å². The van der Waals surface area contributed by atoms with Crippen LogP contribution in [0, 0.1) is 17.0 Å². The molecule has 31 heavy (non-hydrogen) atoms. The summed E-state index contributed by atoms with van der Waals surface area (Å²) in [6, 6.07) is 2.65. The number of rotatable bonds is 7. The Balaban J connectivity index is 0.00000341. The molecule has 0 saturated carbocycles. The van der Waals surface area contributed by atoms with E-state index in [0.29, 0.717) is 17.8 Å². The summed E-state index contributed by atoms with van der Waals surface area (Å²) in [5.74, 6) is -0.782. The van der Waals surface area contributed by atoms with Gasteiger partial charge in [0.2, 0.25) is 0 Å². The lowest BCUT2D eigenvalue weighted by atomic mass is 9.88. The van der Waals surface area contributed by atoms with Gasteiger partial charge >= 0.3 is 0 Å². The highest BCUT2D eigenvalue weighted by Gasteiger charge is 2.27. The molecule has 6 nitrogen and oxygen atoms in total. The lowest BCUT2D eigenvalue weighted by Crippen LogP contribution is -2.32. The number of fused-ring (bicyclic) bond motifs is 1. The lowest BCUT2D eigenvalue weighted by molar-refractivity contribution is 0.358. The third-order valence-electron chi connectivity index (χ3n) is 5.28. The fourth-order valence-corrected chi connectivity index (χ4v) is 3.33. The van der Waals surface area contributed by atoms with Crippen molar-refractivity contribution >= 4 is 35.6 Å². The minimum Gasteiger partial charge on any atom is -0.366 e. The zero-order chi connectivity index (χ0) is 22.1. The zero-order valence-corrected chi connectivity index (χ0v) is 19.8. The molecule has 0 bridgehead atoms. The Morgan fingerprint density at radius 3 is 2.39 bits per heavy atom. The van der Waals surface area contributed by atoms with Gasteiger partial charge in [-0.2, -0.15) is 19.6 Å². The number of hydrogen-bond donors (Lipinski definition) is 2. The lowest BCUT2D eigenvalue weighted by Gasteiger charge is -2.30. The molecule has 2 heterocycles. The maximum absolute atomic E-state index is 15.1. The van der Waals surface area contributed by atoms with Crippen LogP contribution in [0.1, 0.15) is 39.7 Å². The van der Waals surface area contributed by atoms with Crippen molar-refractivity contribution in [1.29, 1.82) is 0 Å². The van der Waals surface area contributed by atoms with Crippen LogP contribution >= 0.6 is 24.0 Å². The highest BCUT2D eigenvalue weighted by atomic mass is 35.5. The van der Waals surface area contributed by atoms with E-state index in [9.17, 15) is 0 Å². The quantitative estimate of drug-likeness (QED) is 0.367. The summed E-state index contributed by atoms with van der Waals surface area (Å²) in [4.78, 5) is 8.25. The number of hydrogen-bond acceptors (Lipinski definition) is 5. The number of halogens is 4. The molecule has 0 fully saturated rings. The summed E-state index contributed by atoms with van der Waals surface area (Å²) in [5.41, 5.74) is 0.356. The smallest absolute Gasteiger partial charge is 0.255 e. The molecule has 3 rings (SSSR count). The van der Waals surface area contributed by atoms with E-state index in [4.69, 9.17) is 11.6 Å². The number of aryl methyl sites for hydroxylation is 1. The Kier molecular flexibility index (Phi) is 8.19. The van der Waals surface area contributed by atoms with E-state index < -0.39 is 11.6 Å². The third-order valence-corrected chi connectivity index (χ3v) is 5.55. The van der Waals surface area contributed by atoms with Crippen molar-refractivity contribution in [2.45, 2.75) is 46.6 Å². The maximum atomic E-state index is 15.1. The number of aromatic nitrogens is 4. The summed E-state index contributed by atoms with van der Waals surface area (Å²) >= 11 is 6.41. The van der Waals surface area contributed by atoms with E-state index in [1.165, 1.54) is 23.0 Å². The molecule has 0 amide bonds. The van der Waals surface area contributed by atoms with Gasteiger partial charge < -0.3 is 10.6 Å². The van der Waals surface area contributed by atoms with Crippen LogP contribution in [0.3, 0.4) is 0 Å². The van der Waals surface area contributed by atoms with E-state index in [2.05, 4.69) is 46.5 Å². The highest BCUT2D eigenvalue weighted by Crippen LogP contribution is 2.39. The highest BCUT2D eigenvalue weighted by molar-refractivity contribution is 6.33. The second-order valence-electron chi connectivity index (χ2n) is 8.47. The molecule has 2 aromatic heterocycles. The van der Waals surface area contributed by atoms with Crippen molar-refractivity contribution in [2.75, 3.05) is 18.9 Å². The van der Waals surface area contributed by atoms with Crippen molar-refractivity contribution < 1.29 is 8.78 Å². The average Bonchev–Trinajstić information content (AvgIpc) is 3.10. The van der Waals surface area contributed by atoms with Crippen LogP contribution in [0.15, 0.2) is 18.5 Å². The summed E-state index contributed by atoms with van der Waals surface area (Å²) < 4.78 is 31.7. The van der Waals surface area contributed by atoms with Crippen molar-refractivity contribution in [3.05, 3.63) is 40.8 Å². The van der Waals surface area contributed by atoms with Gasteiger partial charge in [0, 0.05) is 6.04 Å². The molecule has 0 spiro atoms. The Bertz CT molecular complexity index is 1030. The number of nitrogens with zero attached hydrogens (tertiary/aromatic N) is 4. The Morgan fingerprint density at radius 1 is 1.16 bits per heavy atom. The fraction of sp³-hybridized carbons (Fsp3) is 0.476. The number of benzene rings is 1. The summed E-state index contributed by atoms with van der Waals surface area (Å²) in [7, 11) is 1.84. The summed E-state index contributed by atoms with van der Waals surface area (Å²) in [6.45, 7) is 8.94. The first-order valence-corrected chi connectivity index (χ1v) is 10.3. The van der Waals surface area contributed by atoms with Crippen molar-refractivity contribution in [3.63, 3.8) is 0 Å². The van der Waals surface area contributed by atoms with Gasteiger partial charge in [0.15, 0.2) is 0 Å². The van der Waals surface area contributed by atoms with Gasteiger partial charge in [-0.1, -0.05) is 32.4 Å². The Morgan fingerprint density at radius 2 is 1.81 bits per heavy atom. The first kappa shape index (κ1) is 25.2. The summed E-state index contributed by atoms with van der Waals surface area (Å²) in [6.07, 6.45) is 2.67. The molecule has 0 unspecified atom stereocenters. The van der Waals surface area contributed by atoms with Crippen molar-refractivity contribution in [2.24, 2.45) is 5.41 Å². The number of nitrogens with one attached hydrogen (secondary N) is 2. The minimum absolute atomic E-state index is 0. The van der Waals surface area contributed by atoms with Crippen LogP contribution in [-0.4, -0.2) is 39.2 Å². The first-order chi connectivity index (χ1) is 14.1. The predicted molar refractivity (Wildman–Crippen MR) is 123 cm³/mol. The summed E-state index contributed by atoms with van der Waals surface area (Å²) in [5, 5.41) is 10.5. The molecule has 0 aliphatic carbocycles. The molecule has 1 aromatic carbocycles. The Labute approximate surface area is 192 Å². The third kappa shape index (κ3) is 5.42.